The molecule has 0 amide bonds. The van der Waals surface area contributed by atoms with Crippen molar-refractivity contribution in [3.05, 3.63) is 64.5 Å². The first-order valence-electron chi connectivity index (χ1n) is 6.30. The maximum atomic E-state index is 13.2. The number of hydrogen-bond donors (Lipinski definition) is 1. The molecule has 0 spiro atoms. The maximum Gasteiger partial charge on any atom is 0.450 e. The SMILES string of the molecule is O=c1c(-c2ccccc2)c(C(F)(F)F)oc2cc(O)ccc12. The number of phenolic OH excluding ortho intramolecular Hbond substituents is 1. The molecule has 0 aliphatic carbocycles. The van der Waals surface area contributed by atoms with Gasteiger partial charge >= 0.3 is 6.18 Å². The fourth-order valence-electron chi connectivity index (χ4n) is 2.25. The molecule has 0 aliphatic heterocycles. The van der Waals surface area contributed by atoms with E-state index in [-0.39, 0.29) is 22.3 Å². The van der Waals surface area contributed by atoms with Crippen LogP contribution < -0.4 is 5.43 Å². The van der Waals surface area contributed by atoms with Gasteiger partial charge in [0.15, 0.2) is 0 Å². The van der Waals surface area contributed by atoms with Crippen molar-refractivity contribution >= 4 is 11.0 Å². The molecule has 0 unspecified atom stereocenters. The summed E-state index contributed by atoms with van der Waals surface area (Å²) in [4.78, 5) is 12.5. The molecular weight excluding hydrogens is 297 g/mol. The van der Waals surface area contributed by atoms with Gasteiger partial charge in [-0.05, 0) is 17.7 Å². The van der Waals surface area contributed by atoms with Crippen molar-refractivity contribution in [2.45, 2.75) is 6.18 Å². The lowest BCUT2D eigenvalue weighted by atomic mass is 10.0. The Bertz CT molecular complexity index is 896. The Morgan fingerprint density at radius 2 is 1.68 bits per heavy atom. The predicted octanol–water partition coefficient (Wildman–Crippen LogP) is 4.18. The topological polar surface area (TPSA) is 50.4 Å². The van der Waals surface area contributed by atoms with Crippen LogP contribution in [-0.4, -0.2) is 5.11 Å². The molecule has 1 aromatic heterocycles. The van der Waals surface area contributed by atoms with Gasteiger partial charge in [-0.25, -0.2) is 0 Å². The second-order valence-corrected chi connectivity index (χ2v) is 4.68. The molecule has 0 atom stereocenters. The molecule has 3 nitrogen and oxygen atoms in total. The van der Waals surface area contributed by atoms with Gasteiger partial charge in [0.05, 0.1) is 10.9 Å². The molecule has 112 valence electrons. The van der Waals surface area contributed by atoms with Gasteiger partial charge in [-0.15, -0.1) is 0 Å². The highest BCUT2D eigenvalue weighted by molar-refractivity contribution is 5.84. The van der Waals surface area contributed by atoms with Crippen LogP contribution in [0.15, 0.2) is 57.7 Å². The fraction of sp³-hybridized carbons (Fsp3) is 0.0625. The fourth-order valence-corrected chi connectivity index (χ4v) is 2.25. The van der Waals surface area contributed by atoms with Crippen LogP contribution in [0.4, 0.5) is 13.2 Å². The third-order valence-electron chi connectivity index (χ3n) is 3.20. The quantitative estimate of drug-likeness (QED) is 0.733. The molecule has 0 aliphatic rings. The molecule has 0 bridgehead atoms. The molecule has 0 radical (unpaired) electrons. The molecule has 3 rings (SSSR count). The lowest BCUT2D eigenvalue weighted by molar-refractivity contribution is -0.152. The number of rotatable bonds is 1. The Hall–Kier alpha value is -2.76. The van der Waals surface area contributed by atoms with Gasteiger partial charge in [-0.2, -0.15) is 13.2 Å². The van der Waals surface area contributed by atoms with E-state index >= 15 is 0 Å². The van der Waals surface area contributed by atoms with Gasteiger partial charge < -0.3 is 9.52 Å². The summed E-state index contributed by atoms with van der Waals surface area (Å²) in [6, 6.07) is 11.0. The van der Waals surface area contributed by atoms with Gasteiger partial charge in [0.1, 0.15) is 11.3 Å². The van der Waals surface area contributed by atoms with Gasteiger partial charge in [-0.3, -0.25) is 4.79 Å². The summed E-state index contributed by atoms with van der Waals surface area (Å²) in [6.45, 7) is 0. The molecule has 3 aromatic rings. The maximum absolute atomic E-state index is 13.2. The molecule has 2 aromatic carbocycles. The van der Waals surface area contributed by atoms with E-state index in [2.05, 4.69) is 0 Å². The highest BCUT2D eigenvalue weighted by atomic mass is 19.4. The van der Waals surface area contributed by atoms with Crippen LogP contribution in [0.1, 0.15) is 5.76 Å². The van der Waals surface area contributed by atoms with E-state index in [1.165, 1.54) is 36.4 Å². The number of hydrogen-bond acceptors (Lipinski definition) is 3. The molecular formula is C16H9F3O3. The third-order valence-corrected chi connectivity index (χ3v) is 3.20. The highest BCUT2D eigenvalue weighted by Crippen LogP contribution is 2.37. The van der Waals surface area contributed by atoms with Crippen molar-refractivity contribution in [1.82, 2.24) is 0 Å². The smallest absolute Gasteiger partial charge is 0.450 e. The summed E-state index contributed by atoms with van der Waals surface area (Å²) in [6.07, 6.45) is -4.83. The Morgan fingerprint density at radius 1 is 1.00 bits per heavy atom. The second kappa shape index (κ2) is 4.91. The van der Waals surface area contributed by atoms with Crippen molar-refractivity contribution in [3.8, 4) is 16.9 Å². The number of phenols is 1. The normalized spacial score (nSPS) is 11.8. The molecule has 22 heavy (non-hydrogen) atoms. The van der Waals surface area contributed by atoms with Crippen molar-refractivity contribution in [2.24, 2.45) is 0 Å². The highest BCUT2D eigenvalue weighted by Gasteiger charge is 2.39. The monoisotopic (exact) mass is 306 g/mol. The van der Waals surface area contributed by atoms with Gasteiger partial charge in [-0.1, -0.05) is 30.3 Å². The molecule has 1 heterocycles. The van der Waals surface area contributed by atoms with Crippen molar-refractivity contribution < 1.29 is 22.7 Å². The Labute approximate surface area is 122 Å². The van der Waals surface area contributed by atoms with E-state index in [0.717, 1.165) is 6.07 Å². The molecule has 1 N–H and O–H groups in total. The number of halogens is 3. The predicted molar refractivity (Wildman–Crippen MR) is 74.6 cm³/mol. The van der Waals surface area contributed by atoms with E-state index in [1.54, 1.807) is 6.07 Å². The van der Waals surface area contributed by atoms with Crippen LogP contribution in [0.2, 0.25) is 0 Å². The van der Waals surface area contributed by atoms with Crippen molar-refractivity contribution in [2.75, 3.05) is 0 Å². The summed E-state index contributed by atoms with van der Waals surface area (Å²) in [5, 5.41) is 9.33. The lowest BCUT2D eigenvalue weighted by Gasteiger charge is -2.12. The zero-order chi connectivity index (χ0) is 15.9. The lowest BCUT2D eigenvalue weighted by Crippen LogP contribution is -2.16. The van der Waals surface area contributed by atoms with Crippen LogP contribution in [0, 0.1) is 0 Å². The molecule has 0 saturated heterocycles. The second-order valence-electron chi connectivity index (χ2n) is 4.68. The first-order valence-corrected chi connectivity index (χ1v) is 6.30. The number of benzene rings is 2. The Morgan fingerprint density at radius 3 is 2.32 bits per heavy atom. The summed E-state index contributed by atoms with van der Waals surface area (Å²) in [7, 11) is 0. The number of aromatic hydroxyl groups is 1. The summed E-state index contributed by atoms with van der Waals surface area (Å²) < 4.78 is 44.6. The minimum absolute atomic E-state index is 0.0235. The Balaban J connectivity index is 2.46. The Kier molecular flexibility index (Phi) is 3.16. The van der Waals surface area contributed by atoms with E-state index < -0.39 is 22.9 Å². The van der Waals surface area contributed by atoms with E-state index in [0.29, 0.717) is 0 Å². The molecule has 0 fully saturated rings. The van der Waals surface area contributed by atoms with Gasteiger partial charge in [0, 0.05) is 6.07 Å². The summed E-state index contributed by atoms with van der Waals surface area (Å²) in [5.74, 6) is -1.65. The van der Waals surface area contributed by atoms with Crippen LogP contribution >= 0.6 is 0 Å². The summed E-state index contributed by atoms with van der Waals surface area (Å²) in [5.41, 5.74) is -1.51. The van der Waals surface area contributed by atoms with Crippen LogP contribution in [0.5, 0.6) is 5.75 Å². The minimum atomic E-state index is -4.83. The third kappa shape index (κ3) is 2.32. The first kappa shape index (κ1) is 14.2. The first-order chi connectivity index (χ1) is 10.4. The zero-order valence-electron chi connectivity index (χ0n) is 11.0. The van der Waals surface area contributed by atoms with E-state index in [4.69, 9.17) is 4.42 Å². The van der Waals surface area contributed by atoms with Crippen LogP contribution in [0.3, 0.4) is 0 Å². The molecule has 6 heteroatoms. The standard InChI is InChI=1S/C16H9F3O3/c17-16(18,19)15-13(9-4-2-1-3-5-9)14(21)11-7-6-10(20)8-12(11)22-15/h1-8,20H. The molecule has 0 saturated carbocycles. The average molecular weight is 306 g/mol. The van der Waals surface area contributed by atoms with Crippen molar-refractivity contribution in [3.63, 3.8) is 0 Å². The van der Waals surface area contributed by atoms with Gasteiger partial charge in [0.2, 0.25) is 11.2 Å². The van der Waals surface area contributed by atoms with Gasteiger partial charge in [0.25, 0.3) is 0 Å². The minimum Gasteiger partial charge on any atom is -0.508 e. The largest absolute Gasteiger partial charge is 0.508 e. The van der Waals surface area contributed by atoms with Crippen LogP contribution in [-0.2, 0) is 6.18 Å². The number of fused-ring (bicyclic) bond motifs is 1. The van der Waals surface area contributed by atoms with Crippen molar-refractivity contribution in [1.29, 1.82) is 0 Å². The number of alkyl halides is 3. The zero-order valence-corrected chi connectivity index (χ0v) is 11.0. The average Bonchev–Trinajstić information content (AvgIpc) is 2.46. The van der Waals surface area contributed by atoms with Crippen LogP contribution in [0.25, 0.3) is 22.1 Å². The van der Waals surface area contributed by atoms with E-state index in [9.17, 15) is 23.1 Å². The summed E-state index contributed by atoms with van der Waals surface area (Å²) >= 11 is 0. The van der Waals surface area contributed by atoms with E-state index in [1.807, 2.05) is 0 Å².